The molecule has 4 rings (SSSR count). The van der Waals surface area contributed by atoms with Gasteiger partial charge in [-0.15, -0.1) is 0 Å². The second-order valence-corrected chi connectivity index (χ2v) is 7.22. The molecule has 0 aliphatic rings. The molecule has 0 saturated heterocycles. The summed E-state index contributed by atoms with van der Waals surface area (Å²) >= 11 is 0. The second kappa shape index (κ2) is 8.15. The summed E-state index contributed by atoms with van der Waals surface area (Å²) in [6, 6.07) is 25.9. The Hall–Kier alpha value is -2.66. The number of aliphatic hydroxyl groups is 2. The normalized spacial score (nSPS) is 14.1. The Morgan fingerprint density at radius 3 is 1.43 bits per heavy atom. The molecule has 2 unspecified atom stereocenters. The fourth-order valence-corrected chi connectivity index (χ4v) is 3.65. The second-order valence-electron chi connectivity index (χ2n) is 6.35. The van der Waals surface area contributed by atoms with Crippen molar-refractivity contribution in [3.8, 4) is 0 Å². The summed E-state index contributed by atoms with van der Waals surface area (Å²) < 4.78 is 22.2. The molecule has 0 aliphatic carbocycles. The van der Waals surface area contributed by atoms with E-state index in [-0.39, 0.29) is 0 Å². The molecule has 0 heterocycles. The first-order valence-corrected chi connectivity index (χ1v) is 9.84. The van der Waals surface area contributed by atoms with Crippen LogP contribution < -0.4 is 0 Å². The molecule has 0 aromatic heterocycles. The van der Waals surface area contributed by atoms with Crippen LogP contribution in [0.15, 0.2) is 84.9 Å². The Balaban J connectivity index is 1.43. The van der Waals surface area contributed by atoms with E-state index in [0.717, 1.165) is 21.5 Å². The van der Waals surface area contributed by atoms with Crippen LogP contribution in [0.2, 0.25) is 0 Å². The molecule has 0 saturated carbocycles. The van der Waals surface area contributed by atoms with Crippen molar-refractivity contribution in [3.05, 3.63) is 96.1 Å². The Morgan fingerprint density at radius 2 is 1.00 bits per heavy atom. The lowest BCUT2D eigenvalue weighted by Gasteiger charge is -2.08. The topological polar surface area (TPSA) is 76.0 Å². The molecule has 140 valence electrons. The minimum Gasteiger partial charge on any atom is -0.361 e. The summed E-state index contributed by atoms with van der Waals surface area (Å²) in [4.78, 5) is 0. The van der Waals surface area contributed by atoms with Gasteiger partial charge in [0, 0.05) is 15.7 Å². The number of fused-ring (bicyclic) bond motifs is 2. The van der Waals surface area contributed by atoms with Gasteiger partial charge in [-0.3, -0.25) is 0 Å². The van der Waals surface area contributed by atoms with Gasteiger partial charge < -0.3 is 10.2 Å². The molecule has 2 N–H and O–H groups in total. The van der Waals surface area contributed by atoms with Gasteiger partial charge in [0.15, 0.2) is 0 Å². The van der Waals surface area contributed by atoms with Crippen LogP contribution in [-0.2, 0) is 13.6 Å². The molecule has 0 bridgehead atoms. The van der Waals surface area contributed by atoms with Crippen LogP contribution in [0.1, 0.15) is 23.7 Å². The molecule has 0 radical (unpaired) electrons. The van der Waals surface area contributed by atoms with Gasteiger partial charge in [-0.25, -0.2) is 0 Å². The Bertz CT molecular complexity index is 1050. The molecule has 28 heavy (non-hydrogen) atoms. The smallest absolute Gasteiger partial charge is 0.361 e. The van der Waals surface area contributed by atoms with Crippen LogP contribution in [0.4, 0.5) is 0 Å². The molecule has 5 nitrogen and oxygen atoms in total. The fourth-order valence-electron chi connectivity index (χ4n) is 3.03. The minimum absolute atomic E-state index is 0.450. The first-order chi connectivity index (χ1) is 13.6. The summed E-state index contributed by atoms with van der Waals surface area (Å²) in [7, 11) is -2.74. The van der Waals surface area contributed by atoms with Gasteiger partial charge in [-0.05, 0) is 33.7 Å². The lowest BCUT2D eigenvalue weighted by molar-refractivity contribution is -0.0618. The predicted octanol–water partition coefficient (Wildman–Crippen LogP) is 5.37. The highest BCUT2D eigenvalue weighted by Crippen LogP contribution is 2.37. The highest BCUT2D eigenvalue weighted by Gasteiger charge is 2.31. The first kappa shape index (κ1) is 18.7. The number of rotatable bonds is 6. The van der Waals surface area contributed by atoms with E-state index < -0.39 is 20.8 Å². The number of benzene rings is 4. The average Bonchev–Trinajstić information content (AvgIpc) is 2.72. The first-order valence-electron chi connectivity index (χ1n) is 8.74. The van der Waals surface area contributed by atoms with E-state index in [2.05, 4.69) is 0 Å². The predicted molar refractivity (Wildman–Crippen MR) is 108 cm³/mol. The molecular formula is C22H18O5P+. The van der Waals surface area contributed by atoms with E-state index in [9.17, 15) is 14.8 Å². The third-order valence-electron chi connectivity index (χ3n) is 4.49. The van der Waals surface area contributed by atoms with Crippen molar-refractivity contribution in [1.82, 2.24) is 0 Å². The van der Waals surface area contributed by atoms with Crippen molar-refractivity contribution >= 4 is 29.8 Å². The van der Waals surface area contributed by atoms with Crippen molar-refractivity contribution in [3.63, 3.8) is 0 Å². The van der Waals surface area contributed by atoms with Crippen LogP contribution in [-0.4, -0.2) is 10.2 Å². The zero-order chi connectivity index (χ0) is 19.5. The quantitative estimate of drug-likeness (QED) is 0.340. The van der Waals surface area contributed by atoms with Crippen molar-refractivity contribution in [2.75, 3.05) is 0 Å². The van der Waals surface area contributed by atoms with Gasteiger partial charge in [0.1, 0.15) is 0 Å². The van der Waals surface area contributed by atoms with Crippen molar-refractivity contribution in [2.24, 2.45) is 0 Å². The van der Waals surface area contributed by atoms with Crippen LogP contribution >= 0.6 is 8.25 Å². The minimum atomic E-state index is -2.74. The van der Waals surface area contributed by atoms with E-state index >= 15 is 0 Å². The van der Waals surface area contributed by atoms with Gasteiger partial charge in [0.25, 0.3) is 0 Å². The summed E-state index contributed by atoms with van der Waals surface area (Å²) in [6.07, 6.45) is -2.87. The zero-order valence-corrected chi connectivity index (χ0v) is 15.7. The molecule has 4 aromatic rings. The lowest BCUT2D eigenvalue weighted by atomic mass is 10.1. The Morgan fingerprint density at radius 1 is 0.607 bits per heavy atom. The van der Waals surface area contributed by atoms with Crippen LogP contribution in [0, 0.1) is 0 Å². The van der Waals surface area contributed by atoms with E-state index in [0.29, 0.717) is 11.1 Å². The van der Waals surface area contributed by atoms with Crippen molar-refractivity contribution in [1.29, 1.82) is 0 Å². The standard InChI is InChI=1S/C22H18O5P/c23-21(19-11-9-15-5-1-3-7-17(15)13-19)26-28(25)27-22(24)20-12-10-16-6-2-4-8-18(16)14-20/h1-14,21-24H/q+1. The van der Waals surface area contributed by atoms with Gasteiger partial charge >= 0.3 is 8.25 Å². The number of hydrogen-bond acceptors (Lipinski definition) is 5. The molecule has 2 atom stereocenters. The monoisotopic (exact) mass is 393 g/mol. The molecule has 0 aliphatic heterocycles. The Labute approximate surface area is 162 Å². The van der Waals surface area contributed by atoms with E-state index in [1.165, 1.54) is 0 Å². The summed E-state index contributed by atoms with van der Waals surface area (Å²) in [5.74, 6) is 0. The highest BCUT2D eigenvalue weighted by atomic mass is 31.1. The van der Waals surface area contributed by atoms with E-state index in [1.807, 2.05) is 60.7 Å². The van der Waals surface area contributed by atoms with Gasteiger partial charge in [0.05, 0.1) is 0 Å². The van der Waals surface area contributed by atoms with E-state index in [4.69, 9.17) is 9.05 Å². The lowest BCUT2D eigenvalue weighted by Crippen LogP contribution is -2.02. The van der Waals surface area contributed by atoms with E-state index in [1.54, 1.807) is 24.3 Å². The van der Waals surface area contributed by atoms with Crippen LogP contribution in [0.25, 0.3) is 21.5 Å². The van der Waals surface area contributed by atoms with Gasteiger partial charge in [0.2, 0.25) is 12.6 Å². The maximum Gasteiger partial charge on any atom is 0.703 e. The molecule has 0 amide bonds. The zero-order valence-electron chi connectivity index (χ0n) is 14.8. The number of aliphatic hydroxyl groups excluding tert-OH is 2. The summed E-state index contributed by atoms with van der Waals surface area (Å²) in [5.41, 5.74) is 0.900. The number of hydrogen-bond donors (Lipinski definition) is 2. The molecular weight excluding hydrogens is 375 g/mol. The summed E-state index contributed by atoms with van der Waals surface area (Å²) in [5, 5.41) is 24.3. The maximum absolute atomic E-state index is 12.1. The largest absolute Gasteiger partial charge is 0.703 e. The Kier molecular flexibility index (Phi) is 5.44. The molecule has 0 fully saturated rings. The van der Waals surface area contributed by atoms with Gasteiger partial charge in [-0.1, -0.05) is 81.8 Å². The molecule has 4 aromatic carbocycles. The highest BCUT2D eigenvalue weighted by molar-refractivity contribution is 7.33. The molecule has 6 heteroatoms. The third-order valence-corrected chi connectivity index (χ3v) is 5.23. The van der Waals surface area contributed by atoms with Crippen LogP contribution in [0.5, 0.6) is 0 Å². The van der Waals surface area contributed by atoms with Crippen molar-refractivity contribution < 1.29 is 23.8 Å². The van der Waals surface area contributed by atoms with Crippen molar-refractivity contribution in [2.45, 2.75) is 12.6 Å². The summed E-state index contributed by atoms with van der Waals surface area (Å²) in [6.45, 7) is 0. The third kappa shape index (κ3) is 4.09. The van der Waals surface area contributed by atoms with Gasteiger partial charge in [-0.2, -0.15) is 0 Å². The SMILES string of the molecule is O=[P+](OC(O)c1ccc2ccccc2c1)OC(O)c1ccc2ccccc2c1. The van der Waals surface area contributed by atoms with Crippen LogP contribution in [0.3, 0.4) is 0 Å². The maximum atomic E-state index is 12.1. The average molecular weight is 393 g/mol. The fraction of sp³-hybridized carbons (Fsp3) is 0.0909. The molecule has 0 spiro atoms.